The van der Waals surface area contributed by atoms with Crippen molar-refractivity contribution in [2.75, 3.05) is 5.75 Å². The molecule has 1 fully saturated rings. The van der Waals surface area contributed by atoms with Gasteiger partial charge in [0.2, 0.25) is 0 Å². The van der Waals surface area contributed by atoms with Crippen LogP contribution in [0.5, 0.6) is 5.75 Å². The molecule has 5 heteroatoms. The van der Waals surface area contributed by atoms with E-state index in [0.717, 1.165) is 23.4 Å². The van der Waals surface area contributed by atoms with Crippen LogP contribution in [0.25, 0.3) is 11.5 Å². The average molecular weight is 276 g/mol. The van der Waals surface area contributed by atoms with Crippen LogP contribution in [0.4, 0.5) is 0 Å². The Morgan fingerprint density at radius 2 is 2.26 bits per heavy atom. The monoisotopic (exact) mass is 276 g/mol. The van der Waals surface area contributed by atoms with E-state index in [1.807, 2.05) is 30.8 Å². The van der Waals surface area contributed by atoms with Gasteiger partial charge in [-0.3, -0.25) is 0 Å². The Morgan fingerprint density at radius 3 is 3.00 bits per heavy atom. The molecule has 100 valence electrons. The zero-order valence-corrected chi connectivity index (χ0v) is 11.6. The lowest BCUT2D eigenvalue weighted by Gasteiger charge is -2.17. The van der Waals surface area contributed by atoms with Crippen LogP contribution in [0.2, 0.25) is 0 Å². The molecule has 1 aromatic carbocycles. The maximum Gasteiger partial charge on any atom is 0.258 e. The number of hydrogen-bond donors (Lipinski definition) is 1. The number of aromatic hydroxyl groups is 1. The molecule has 1 atom stereocenters. The predicted molar refractivity (Wildman–Crippen MR) is 75.2 cm³/mol. The molecule has 2 aromatic rings. The maximum atomic E-state index is 9.72. The third kappa shape index (κ3) is 2.61. The SMILES string of the molecule is Cc1ccc(-c2nc(C3CCCCS3)no2)cc1O. The Morgan fingerprint density at radius 1 is 1.37 bits per heavy atom. The van der Waals surface area contributed by atoms with E-state index in [2.05, 4.69) is 10.1 Å². The number of phenols is 1. The summed E-state index contributed by atoms with van der Waals surface area (Å²) in [4.78, 5) is 4.47. The van der Waals surface area contributed by atoms with Crippen LogP contribution in [0, 0.1) is 6.92 Å². The van der Waals surface area contributed by atoms with E-state index >= 15 is 0 Å². The quantitative estimate of drug-likeness (QED) is 0.906. The normalized spacial score (nSPS) is 19.5. The summed E-state index contributed by atoms with van der Waals surface area (Å²) in [5.74, 6) is 2.68. The van der Waals surface area contributed by atoms with Gasteiger partial charge in [-0.25, -0.2) is 0 Å². The standard InChI is InChI=1S/C14H16N2O2S/c1-9-5-6-10(8-11(9)17)14-15-13(16-18-14)12-4-2-3-7-19-12/h5-6,8,12,17H,2-4,7H2,1H3. The Labute approximate surface area is 116 Å². The molecule has 0 saturated carbocycles. The first-order valence-corrected chi connectivity index (χ1v) is 7.54. The van der Waals surface area contributed by atoms with Crippen LogP contribution in [-0.2, 0) is 0 Å². The fraction of sp³-hybridized carbons (Fsp3) is 0.429. The first kappa shape index (κ1) is 12.5. The summed E-state index contributed by atoms with van der Waals surface area (Å²) in [6.07, 6.45) is 3.62. The van der Waals surface area contributed by atoms with Gasteiger partial charge in [-0.05, 0) is 43.2 Å². The number of hydrogen-bond acceptors (Lipinski definition) is 5. The van der Waals surface area contributed by atoms with E-state index in [1.54, 1.807) is 6.07 Å². The number of aromatic nitrogens is 2. The minimum atomic E-state index is 0.254. The predicted octanol–water partition coefficient (Wildman–Crippen LogP) is 3.71. The minimum absolute atomic E-state index is 0.254. The Kier molecular flexibility index (Phi) is 3.46. The molecule has 2 heterocycles. The minimum Gasteiger partial charge on any atom is -0.508 e. The largest absolute Gasteiger partial charge is 0.508 e. The van der Waals surface area contributed by atoms with Crippen molar-refractivity contribution in [3.63, 3.8) is 0 Å². The van der Waals surface area contributed by atoms with Gasteiger partial charge in [0, 0.05) is 5.56 Å². The number of aryl methyl sites for hydroxylation is 1. The highest BCUT2D eigenvalue weighted by molar-refractivity contribution is 7.99. The highest BCUT2D eigenvalue weighted by Gasteiger charge is 2.22. The van der Waals surface area contributed by atoms with Crippen LogP contribution in [-0.4, -0.2) is 21.0 Å². The summed E-state index contributed by atoms with van der Waals surface area (Å²) in [6.45, 7) is 1.86. The molecule has 1 aliphatic heterocycles. The molecule has 1 saturated heterocycles. The molecule has 0 bridgehead atoms. The number of thioether (sulfide) groups is 1. The Hall–Kier alpha value is -1.49. The van der Waals surface area contributed by atoms with Crippen LogP contribution in [0.3, 0.4) is 0 Å². The molecule has 0 amide bonds. The van der Waals surface area contributed by atoms with E-state index in [4.69, 9.17) is 4.52 Å². The van der Waals surface area contributed by atoms with Crippen molar-refractivity contribution < 1.29 is 9.63 Å². The van der Waals surface area contributed by atoms with Gasteiger partial charge in [0.15, 0.2) is 5.82 Å². The van der Waals surface area contributed by atoms with E-state index in [0.29, 0.717) is 11.1 Å². The van der Waals surface area contributed by atoms with Crippen molar-refractivity contribution in [3.05, 3.63) is 29.6 Å². The third-order valence-electron chi connectivity index (χ3n) is 3.37. The zero-order valence-electron chi connectivity index (χ0n) is 10.8. The van der Waals surface area contributed by atoms with Crippen LogP contribution < -0.4 is 0 Å². The van der Waals surface area contributed by atoms with E-state index in [1.165, 1.54) is 18.6 Å². The van der Waals surface area contributed by atoms with Crippen molar-refractivity contribution in [1.82, 2.24) is 10.1 Å². The van der Waals surface area contributed by atoms with E-state index < -0.39 is 0 Å². The second kappa shape index (κ2) is 5.25. The molecule has 3 rings (SSSR count). The van der Waals surface area contributed by atoms with Crippen LogP contribution in [0.15, 0.2) is 22.7 Å². The number of rotatable bonds is 2. The molecule has 1 aromatic heterocycles. The van der Waals surface area contributed by atoms with Crippen molar-refractivity contribution >= 4 is 11.8 Å². The molecule has 1 N–H and O–H groups in total. The highest BCUT2D eigenvalue weighted by Crippen LogP contribution is 2.37. The van der Waals surface area contributed by atoms with Gasteiger partial charge in [0.25, 0.3) is 5.89 Å². The second-order valence-electron chi connectivity index (χ2n) is 4.81. The van der Waals surface area contributed by atoms with Gasteiger partial charge in [-0.1, -0.05) is 17.6 Å². The van der Waals surface area contributed by atoms with Crippen molar-refractivity contribution in [2.24, 2.45) is 0 Å². The lowest BCUT2D eigenvalue weighted by Crippen LogP contribution is -2.03. The van der Waals surface area contributed by atoms with Gasteiger partial charge >= 0.3 is 0 Å². The molecule has 4 nitrogen and oxygen atoms in total. The van der Waals surface area contributed by atoms with Gasteiger partial charge in [-0.15, -0.1) is 0 Å². The fourth-order valence-electron chi connectivity index (χ4n) is 2.17. The molecular weight excluding hydrogens is 260 g/mol. The molecular formula is C14H16N2O2S. The topological polar surface area (TPSA) is 59.2 Å². The van der Waals surface area contributed by atoms with Crippen molar-refractivity contribution in [2.45, 2.75) is 31.4 Å². The summed E-state index contributed by atoms with van der Waals surface area (Å²) in [7, 11) is 0. The van der Waals surface area contributed by atoms with Gasteiger partial charge in [0.1, 0.15) is 5.75 Å². The first-order valence-electron chi connectivity index (χ1n) is 6.49. The lowest BCUT2D eigenvalue weighted by atomic mass is 10.1. The molecule has 1 aliphatic rings. The molecule has 0 radical (unpaired) electrons. The molecule has 0 aliphatic carbocycles. The van der Waals surface area contributed by atoms with E-state index in [-0.39, 0.29) is 5.75 Å². The van der Waals surface area contributed by atoms with Crippen molar-refractivity contribution in [3.8, 4) is 17.2 Å². The number of benzene rings is 1. The summed E-state index contributed by atoms with van der Waals surface area (Å²) < 4.78 is 5.31. The summed E-state index contributed by atoms with van der Waals surface area (Å²) in [6, 6.07) is 5.41. The molecule has 1 unspecified atom stereocenters. The Balaban J connectivity index is 1.85. The molecule has 0 spiro atoms. The maximum absolute atomic E-state index is 9.72. The summed E-state index contributed by atoms with van der Waals surface area (Å²) in [5.41, 5.74) is 1.61. The van der Waals surface area contributed by atoms with Crippen LogP contribution in [0.1, 0.15) is 35.9 Å². The smallest absolute Gasteiger partial charge is 0.258 e. The van der Waals surface area contributed by atoms with Crippen LogP contribution >= 0.6 is 11.8 Å². The number of phenolic OH excluding ortho intramolecular Hbond substituents is 1. The molecule has 19 heavy (non-hydrogen) atoms. The zero-order chi connectivity index (χ0) is 13.2. The van der Waals surface area contributed by atoms with Gasteiger partial charge in [-0.2, -0.15) is 16.7 Å². The fourth-order valence-corrected chi connectivity index (χ4v) is 3.40. The number of nitrogens with zero attached hydrogens (tertiary/aromatic N) is 2. The lowest BCUT2D eigenvalue weighted by molar-refractivity contribution is 0.419. The average Bonchev–Trinajstić information content (AvgIpc) is 2.93. The van der Waals surface area contributed by atoms with Gasteiger partial charge < -0.3 is 9.63 Å². The third-order valence-corrected chi connectivity index (χ3v) is 4.74. The highest BCUT2D eigenvalue weighted by atomic mass is 32.2. The summed E-state index contributed by atoms with van der Waals surface area (Å²) in [5, 5.41) is 14.2. The first-order chi connectivity index (χ1) is 9.24. The summed E-state index contributed by atoms with van der Waals surface area (Å²) >= 11 is 1.90. The van der Waals surface area contributed by atoms with Crippen molar-refractivity contribution in [1.29, 1.82) is 0 Å². The second-order valence-corrected chi connectivity index (χ2v) is 6.12. The van der Waals surface area contributed by atoms with E-state index in [9.17, 15) is 5.11 Å². The Bertz CT molecular complexity index is 577. The van der Waals surface area contributed by atoms with Gasteiger partial charge in [0.05, 0.1) is 5.25 Å².